The maximum absolute atomic E-state index is 11.6. The largest absolute Gasteiger partial charge is 0.480 e. The molecule has 2 fully saturated rings. The fraction of sp³-hybridized carbons (Fsp3) is 0.895. The Morgan fingerprint density at radius 2 is 1.82 bits per heavy atom. The lowest BCUT2D eigenvalue weighted by atomic mass is 9.95. The van der Waals surface area contributed by atoms with Crippen LogP contribution in [0.4, 0.5) is 0 Å². The van der Waals surface area contributed by atoms with E-state index in [1.165, 1.54) is 0 Å². The van der Waals surface area contributed by atoms with Crippen molar-refractivity contribution in [1.29, 1.82) is 0 Å². The SMILES string of the molecule is CCNC(=O)CCC(NCC1(O)OC[C@@H](O)[C@@H](O[C@H]2O[C@H](CO)[C@@H](O)[C@H](O)[C@H]2O)[C@@H]1O)C(=O)O. The number of amides is 1. The first-order valence-electron chi connectivity index (χ1n) is 10.9. The second-order valence-electron chi connectivity index (χ2n) is 8.23. The normalized spacial score (nSPS) is 39.4. The smallest absolute Gasteiger partial charge is 0.320 e. The zero-order valence-electron chi connectivity index (χ0n) is 18.6. The van der Waals surface area contributed by atoms with E-state index in [0.717, 1.165) is 0 Å². The highest BCUT2D eigenvalue weighted by Crippen LogP contribution is 2.30. The lowest BCUT2D eigenvalue weighted by Crippen LogP contribution is -2.68. The van der Waals surface area contributed by atoms with Gasteiger partial charge in [0.25, 0.3) is 0 Å². The van der Waals surface area contributed by atoms with E-state index in [4.69, 9.17) is 14.2 Å². The van der Waals surface area contributed by atoms with Gasteiger partial charge >= 0.3 is 5.97 Å². The number of aliphatic hydroxyl groups excluding tert-OH is 6. The van der Waals surface area contributed by atoms with Crippen LogP contribution in [0, 0.1) is 0 Å². The highest BCUT2D eigenvalue weighted by atomic mass is 16.7. The van der Waals surface area contributed by atoms with Crippen LogP contribution < -0.4 is 10.6 Å². The topological polar surface area (TPSA) is 248 Å². The molecular formula is C19H34N2O13. The van der Waals surface area contributed by atoms with Crippen molar-refractivity contribution in [3.8, 4) is 0 Å². The standard InChI is InChI=1S/C19H34N2O13/c1-2-20-11(24)4-3-8(17(29)30)21-7-19(31)16(28)15(9(23)6-32-19)34-18-14(27)13(26)12(25)10(5-22)33-18/h8-10,12-16,18,21-23,25-28,31H,2-7H2,1H3,(H,20,24)(H,29,30)/t8?,9-,10-,12-,13+,14-,15-,16+,18-,19?/m1/s1. The summed E-state index contributed by atoms with van der Waals surface area (Å²) in [7, 11) is 0. The van der Waals surface area contributed by atoms with Gasteiger partial charge in [0.2, 0.25) is 11.7 Å². The molecule has 198 valence electrons. The summed E-state index contributed by atoms with van der Waals surface area (Å²) in [6.07, 6.45) is -13.7. The van der Waals surface area contributed by atoms with Crippen molar-refractivity contribution < 1.29 is 64.7 Å². The van der Waals surface area contributed by atoms with Crippen LogP contribution in [0.3, 0.4) is 0 Å². The minimum atomic E-state index is -2.45. The number of aliphatic hydroxyl groups is 7. The second kappa shape index (κ2) is 12.5. The summed E-state index contributed by atoms with van der Waals surface area (Å²) in [5, 5.41) is 85.2. The summed E-state index contributed by atoms with van der Waals surface area (Å²) in [5.74, 6) is -4.12. The minimum Gasteiger partial charge on any atom is -0.480 e. The highest BCUT2D eigenvalue weighted by Gasteiger charge is 2.53. The van der Waals surface area contributed by atoms with E-state index in [2.05, 4.69) is 10.6 Å². The van der Waals surface area contributed by atoms with Gasteiger partial charge in [-0.05, 0) is 13.3 Å². The van der Waals surface area contributed by atoms with Crippen molar-refractivity contribution in [3.63, 3.8) is 0 Å². The molecule has 34 heavy (non-hydrogen) atoms. The van der Waals surface area contributed by atoms with Crippen molar-refractivity contribution in [2.75, 3.05) is 26.3 Å². The number of hydrogen-bond acceptors (Lipinski definition) is 13. The third-order valence-electron chi connectivity index (χ3n) is 5.73. The van der Waals surface area contributed by atoms with Crippen LogP contribution in [0.2, 0.25) is 0 Å². The zero-order valence-corrected chi connectivity index (χ0v) is 18.6. The zero-order chi connectivity index (χ0) is 25.6. The molecule has 0 saturated carbocycles. The quantitative estimate of drug-likeness (QED) is 0.128. The van der Waals surface area contributed by atoms with Crippen molar-refractivity contribution in [2.45, 2.75) is 80.6 Å². The molecule has 2 heterocycles. The van der Waals surface area contributed by atoms with Gasteiger partial charge in [-0.3, -0.25) is 14.9 Å². The molecule has 0 bridgehead atoms. The van der Waals surface area contributed by atoms with E-state index < -0.39 is 86.6 Å². The molecule has 0 aliphatic carbocycles. The Kier molecular flexibility index (Phi) is 10.5. The summed E-state index contributed by atoms with van der Waals surface area (Å²) in [5.41, 5.74) is 0. The Hall–Kier alpha value is -1.50. The maximum Gasteiger partial charge on any atom is 0.320 e. The number of hydrogen-bond donors (Lipinski definition) is 10. The molecule has 0 spiro atoms. The predicted molar refractivity (Wildman–Crippen MR) is 109 cm³/mol. The molecule has 0 radical (unpaired) electrons. The number of carbonyl (C=O) groups is 2. The van der Waals surface area contributed by atoms with Gasteiger partial charge in [-0.15, -0.1) is 0 Å². The molecule has 15 nitrogen and oxygen atoms in total. The fourth-order valence-electron chi connectivity index (χ4n) is 3.68. The first kappa shape index (κ1) is 28.7. The third kappa shape index (κ3) is 6.79. The average molecular weight is 498 g/mol. The van der Waals surface area contributed by atoms with E-state index >= 15 is 0 Å². The Morgan fingerprint density at radius 3 is 2.41 bits per heavy atom. The Morgan fingerprint density at radius 1 is 1.15 bits per heavy atom. The summed E-state index contributed by atoms with van der Waals surface area (Å²) in [6, 6.07) is -1.28. The molecule has 2 saturated heterocycles. The van der Waals surface area contributed by atoms with Crippen molar-refractivity contribution in [2.24, 2.45) is 0 Å². The number of carboxylic acid groups (broad SMARTS) is 1. The Bertz CT molecular complexity index is 683. The molecule has 2 unspecified atom stereocenters. The Labute approximate surface area is 194 Å². The molecule has 0 aromatic rings. The van der Waals surface area contributed by atoms with Gasteiger partial charge in [-0.25, -0.2) is 0 Å². The molecule has 0 aromatic carbocycles. The summed E-state index contributed by atoms with van der Waals surface area (Å²) < 4.78 is 15.7. The highest BCUT2D eigenvalue weighted by molar-refractivity contribution is 5.78. The maximum atomic E-state index is 11.6. The van der Waals surface area contributed by atoms with Gasteiger partial charge in [0, 0.05) is 13.0 Å². The summed E-state index contributed by atoms with van der Waals surface area (Å²) >= 11 is 0. The van der Waals surface area contributed by atoms with Gasteiger partial charge < -0.3 is 60.4 Å². The van der Waals surface area contributed by atoms with Crippen LogP contribution in [0.25, 0.3) is 0 Å². The van der Waals surface area contributed by atoms with Crippen LogP contribution >= 0.6 is 0 Å². The average Bonchev–Trinajstić information content (AvgIpc) is 2.79. The molecule has 10 N–H and O–H groups in total. The van der Waals surface area contributed by atoms with Crippen LogP contribution in [0.15, 0.2) is 0 Å². The van der Waals surface area contributed by atoms with Gasteiger partial charge in [-0.2, -0.15) is 0 Å². The summed E-state index contributed by atoms with van der Waals surface area (Å²) in [6.45, 7) is 0.154. The molecule has 2 aliphatic rings. The number of aliphatic carboxylic acids is 1. The van der Waals surface area contributed by atoms with Crippen molar-refractivity contribution >= 4 is 11.9 Å². The number of nitrogens with one attached hydrogen (secondary N) is 2. The van der Waals surface area contributed by atoms with E-state index in [1.54, 1.807) is 6.92 Å². The second-order valence-corrected chi connectivity index (χ2v) is 8.23. The monoisotopic (exact) mass is 498 g/mol. The number of carboxylic acids is 1. The minimum absolute atomic E-state index is 0.110. The predicted octanol–water partition coefficient (Wildman–Crippen LogP) is -5.43. The molecular weight excluding hydrogens is 464 g/mol. The lowest BCUT2D eigenvalue weighted by molar-refractivity contribution is -0.367. The molecule has 1 amide bonds. The first-order valence-corrected chi connectivity index (χ1v) is 10.9. The van der Waals surface area contributed by atoms with Gasteiger partial charge in [0.05, 0.1) is 19.8 Å². The Balaban J connectivity index is 2.05. The van der Waals surface area contributed by atoms with E-state index in [-0.39, 0.29) is 18.7 Å². The van der Waals surface area contributed by atoms with Crippen molar-refractivity contribution in [1.82, 2.24) is 10.6 Å². The van der Waals surface area contributed by atoms with Gasteiger partial charge in [0.1, 0.15) is 48.8 Å². The number of ether oxygens (including phenoxy) is 3. The van der Waals surface area contributed by atoms with Crippen LogP contribution in [-0.4, -0.2) is 140 Å². The van der Waals surface area contributed by atoms with Gasteiger partial charge in [0.15, 0.2) is 6.29 Å². The van der Waals surface area contributed by atoms with E-state index in [0.29, 0.717) is 6.54 Å². The third-order valence-corrected chi connectivity index (χ3v) is 5.73. The lowest BCUT2D eigenvalue weighted by Gasteiger charge is -2.47. The van der Waals surface area contributed by atoms with Crippen LogP contribution in [0.5, 0.6) is 0 Å². The molecule has 2 aliphatic heterocycles. The van der Waals surface area contributed by atoms with Gasteiger partial charge in [-0.1, -0.05) is 0 Å². The molecule has 2 rings (SSSR count). The van der Waals surface area contributed by atoms with Crippen LogP contribution in [0.1, 0.15) is 19.8 Å². The van der Waals surface area contributed by atoms with E-state index in [9.17, 15) is 50.4 Å². The molecule has 0 aromatic heterocycles. The fourth-order valence-corrected chi connectivity index (χ4v) is 3.68. The van der Waals surface area contributed by atoms with Crippen LogP contribution in [-0.2, 0) is 23.8 Å². The van der Waals surface area contributed by atoms with Crippen molar-refractivity contribution in [3.05, 3.63) is 0 Å². The summed E-state index contributed by atoms with van der Waals surface area (Å²) in [4.78, 5) is 23.1. The number of rotatable bonds is 11. The van der Waals surface area contributed by atoms with E-state index in [1.807, 2.05) is 0 Å². The first-order chi connectivity index (χ1) is 15.9. The number of carbonyl (C=O) groups excluding carboxylic acids is 1. The molecule has 10 atom stereocenters. The molecule has 15 heteroatoms.